The second kappa shape index (κ2) is 5.30. The Morgan fingerprint density at radius 3 is 2.24 bits per heavy atom. The van der Waals surface area contributed by atoms with Crippen molar-refractivity contribution in [1.82, 2.24) is 4.90 Å². The summed E-state index contributed by atoms with van der Waals surface area (Å²) in [6.07, 6.45) is 0.519. The largest absolute Gasteiger partial charge is 0.341 e. The first-order valence-corrected chi connectivity index (χ1v) is 5.76. The average molecular weight is 237 g/mol. The quantitative estimate of drug-likeness (QED) is 0.790. The van der Waals surface area contributed by atoms with E-state index in [1.807, 2.05) is 20.8 Å². The van der Waals surface area contributed by atoms with E-state index < -0.39 is 0 Å². The minimum absolute atomic E-state index is 0.00581. The molecular weight excluding hydrogens is 217 g/mol. The van der Waals surface area contributed by atoms with Gasteiger partial charge in [0.15, 0.2) is 0 Å². The number of nitrogens with zero attached hydrogens (tertiary/aromatic N) is 1. The minimum atomic E-state index is -0.252. The van der Waals surface area contributed by atoms with Gasteiger partial charge in [-0.2, -0.15) is 0 Å². The van der Waals surface area contributed by atoms with E-state index in [2.05, 4.69) is 0 Å². The highest BCUT2D eigenvalue weighted by Gasteiger charge is 2.18. The molecule has 0 aromatic heterocycles. The second-order valence-corrected chi connectivity index (χ2v) is 5.61. The van der Waals surface area contributed by atoms with Crippen LogP contribution in [0, 0.1) is 11.2 Å². The van der Waals surface area contributed by atoms with Gasteiger partial charge in [-0.25, -0.2) is 4.39 Å². The first kappa shape index (κ1) is 13.7. The van der Waals surface area contributed by atoms with Crippen LogP contribution in [0.4, 0.5) is 4.39 Å². The van der Waals surface area contributed by atoms with Gasteiger partial charge in [0.2, 0.25) is 5.91 Å². The number of halogens is 1. The molecule has 0 spiro atoms. The third-order valence-corrected chi connectivity index (χ3v) is 2.44. The molecule has 0 unspecified atom stereocenters. The minimum Gasteiger partial charge on any atom is -0.341 e. The van der Waals surface area contributed by atoms with Crippen LogP contribution in [-0.2, 0) is 11.3 Å². The molecule has 3 heteroatoms. The highest BCUT2D eigenvalue weighted by Crippen LogP contribution is 2.20. The molecule has 0 atom stereocenters. The van der Waals surface area contributed by atoms with Crippen molar-refractivity contribution in [2.75, 3.05) is 7.05 Å². The highest BCUT2D eigenvalue weighted by atomic mass is 19.1. The first-order valence-electron chi connectivity index (χ1n) is 5.76. The fraction of sp³-hybridized carbons (Fsp3) is 0.500. The molecule has 0 aliphatic heterocycles. The molecule has 0 radical (unpaired) electrons. The lowest BCUT2D eigenvalue weighted by Gasteiger charge is -2.23. The van der Waals surface area contributed by atoms with Crippen LogP contribution in [0.2, 0.25) is 0 Å². The van der Waals surface area contributed by atoms with Gasteiger partial charge in [0.1, 0.15) is 5.82 Å². The van der Waals surface area contributed by atoms with Crippen LogP contribution in [0.1, 0.15) is 32.8 Å². The second-order valence-electron chi connectivity index (χ2n) is 5.61. The molecule has 0 aliphatic carbocycles. The Kier molecular flexibility index (Phi) is 4.27. The molecule has 1 amide bonds. The maximum Gasteiger partial charge on any atom is 0.223 e. The van der Waals surface area contributed by atoms with E-state index in [-0.39, 0.29) is 17.1 Å². The average Bonchev–Trinajstić information content (AvgIpc) is 2.19. The van der Waals surface area contributed by atoms with Crippen molar-refractivity contribution in [2.45, 2.75) is 33.7 Å². The molecule has 1 aromatic rings. The van der Waals surface area contributed by atoms with Gasteiger partial charge in [0.05, 0.1) is 0 Å². The van der Waals surface area contributed by atoms with Crippen LogP contribution < -0.4 is 0 Å². The molecular formula is C14H20FNO. The molecule has 0 heterocycles. The lowest BCUT2D eigenvalue weighted by molar-refractivity contribution is -0.132. The Hall–Kier alpha value is -1.38. The van der Waals surface area contributed by atoms with Crippen LogP contribution >= 0.6 is 0 Å². The van der Waals surface area contributed by atoms with Crippen molar-refractivity contribution < 1.29 is 9.18 Å². The maximum absolute atomic E-state index is 12.7. The van der Waals surface area contributed by atoms with Gasteiger partial charge >= 0.3 is 0 Å². The molecule has 0 fully saturated rings. The van der Waals surface area contributed by atoms with Gasteiger partial charge < -0.3 is 4.90 Å². The van der Waals surface area contributed by atoms with Gasteiger partial charge in [-0.1, -0.05) is 32.9 Å². The van der Waals surface area contributed by atoms with Crippen LogP contribution in [0.15, 0.2) is 24.3 Å². The van der Waals surface area contributed by atoms with Crippen molar-refractivity contribution in [1.29, 1.82) is 0 Å². The zero-order chi connectivity index (χ0) is 13.1. The predicted molar refractivity (Wildman–Crippen MR) is 66.9 cm³/mol. The number of benzene rings is 1. The van der Waals surface area contributed by atoms with E-state index in [0.29, 0.717) is 13.0 Å². The summed E-state index contributed by atoms with van der Waals surface area (Å²) in [6.45, 7) is 6.64. The smallest absolute Gasteiger partial charge is 0.223 e. The van der Waals surface area contributed by atoms with Gasteiger partial charge in [-0.15, -0.1) is 0 Å². The molecule has 2 nitrogen and oxygen atoms in total. The van der Waals surface area contributed by atoms with Crippen molar-refractivity contribution in [3.8, 4) is 0 Å². The normalized spacial score (nSPS) is 11.4. The molecule has 1 aromatic carbocycles. The number of carbonyl (C=O) groups is 1. The summed E-state index contributed by atoms with van der Waals surface area (Å²) in [6, 6.07) is 6.24. The Morgan fingerprint density at radius 1 is 1.24 bits per heavy atom. The molecule has 94 valence electrons. The third-order valence-electron chi connectivity index (χ3n) is 2.44. The van der Waals surface area contributed by atoms with E-state index in [0.717, 1.165) is 5.56 Å². The van der Waals surface area contributed by atoms with Crippen molar-refractivity contribution in [3.63, 3.8) is 0 Å². The fourth-order valence-electron chi connectivity index (χ4n) is 1.54. The highest BCUT2D eigenvalue weighted by molar-refractivity contribution is 5.76. The summed E-state index contributed by atoms with van der Waals surface area (Å²) in [5.41, 5.74) is 0.935. The maximum atomic E-state index is 12.7. The van der Waals surface area contributed by atoms with Gasteiger partial charge in [0, 0.05) is 20.0 Å². The number of hydrogen-bond acceptors (Lipinski definition) is 1. The zero-order valence-electron chi connectivity index (χ0n) is 11.0. The van der Waals surface area contributed by atoms with Crippen molar-refractivity contribution in [3.05, 3.63) is 35.6 Å². The predicted octanol–water partition coefficient (Wildman–Crippen LogP) is 3.22. The van der Waals surface area contributed by atoms with E-state index in [9.17, 15) is 9.18 Å². The topological polar surface area (TPSA) is 20.3 Å². The summed E-state index contributed by atoms with van der Waals surface area (Å²) in [4.78, 5) is 13.6. The third kappa shape index (κ3) is 4.98. The summed E-state index contributed by atoms with van der Waals surface area (Å²) < 4.78 is 12.7. The van der Waals surface area contributed by atoms with Crippen LogP contribution in [0.3, 0.4) is 0 Å². The van der Waals surface area contributed by atoms with E-state index in [1.165, 1.54) is 12.1 Å². The van der Waals surface area contributed by atoms with Gasteiger partial charge in [0.25, 0.3) is 0 Å². The van der Waals surface area contributed by atoms with Gasteiger partial charge in [-0.05, 0) is 23.1 Å². The lowest BCUT2D eigenvalue weighted by Crippen LogP contribution is -2.29. The SMILES string of the molecule is CN(Cc1ccc(F)cc1)C(=O)CC(C)(C)C. The molecule has 0 saturated carbocycles. The molecule has 0 aliphatic rings. The standard InChI is InChI=1S/C14H20FNO/c1-14(2,3)9-13(17)16(4)10-11-5-7-12(15)8-6-11/h5-8H,9-10H2,1-4H3. The molecule has 0 saturated heterocycles. The van der Waals surface area contributed by atoms with Crippen molar-refractivity contribution >= 4 is 5.91 Å². The Morgan fingerprint density at radius 2 is 1.76 bits per heavy atom. The zero-order valence-corrected chi connectivity index (χ0v) is 11.0. The lowest BCUT2D eigenvalue weighted by atomic mass is 9.91. The summed E-state index contributed by atoms with van der Waals surface area (Å²) >= 11 is 0. The summed E-state index contributed by atoms with van der Waals surface area (Å²) in [5, 5.41) is 0. The van der Waals surface area contributed by atoms with E-state index >= 15 is 0 Å². The Bertz CT molecular complexity index is 378. The van der Waals surface area contributed by atoms with E-state index in [1.54, 1.807) is 24.1 Å². The monoisotopic (exact) mass is 237 g/mol. The van der Waals surface area contributed by atoms with Crippen molar-refractivity contribution in [2.24, 2.45) is 5.41 Å². The Labute approximate surface area is 102 Å². The van der Waals surface area contributed by atoms with Crippen LogP contribution in [0.5, 0.6) is 0 Å². The number of amides is 1. The van der Waals surface area contributed by atoms with Gasteiger partial charge in [-0.3, -0.25) is 4.79 Å². The summed E-state index contributed by atoms with van der Waals surface area (Å²) in [5.74, 6) is -0.140. The molecule has 0 bridgehead atoms. The van der Waals surface area contributed by atoms with E-state index in [4.69, 9.17) is 0 Å². The Balaban J connectivity index is 2.57. The molecule has 1 rings (SSSR count). The number of hydrogen-bond donors (Lipinski definition) is 0. The molecule has 17 heavy (non-hydrogen) atoms. The summed E-state index contributed by atoms with van der Waals surface area (Å²) in [7, 11) is 1.78. The number of rotatable bonds is 3. The fourth-order valence-corrected chi connectivity index (χ4v) is 1.54. The first-order chi connectivity index (χ1) is 7.78. The molecule has 0 N–H and O–H groups in total. The number of carbonyl (C=O) groups excluding carboxylic acids is 1. The van der Waals surface area contributed by atoms with Crippen LogP contribution in [0.25, 0.3) is 0 Å². The van der Waals surface area contributed by atoms with Crippen LogP contribution in [-0.4, -0.2) is 17.9 Å².